The Hall–Kier alpha value is -2.11. The van der Waals surface area contributed by atoms with E-state index in [4.69, 9.17) is 23.2 Å². The number of aromatic nitrogens is 2. The van der Waals surface area contributed by atoms with Crippen molar-refractivity contribution in [3.63, 3.8) is 0 Å². The van der Waals surface area contributed by atoms with Crippen molar-refractivity contribution in [1.82, 2.24) is 10.2 Å². The van der Waals surface area contributed by atoms with Crippen LogP contribution in [0.2, 0.25) is 10.3 Å². The first-order valence-electron chi connectivity index (χ1n) is 6.82. The Morgan fingerprint density at radius 2 is 1.25 bits per heavy atom. The average molecular weight is 369 g/mol. The zero-order valence-corrected chi connectivity index (χ0v) is 13.8. The van der Waals surface area contributed by atoms with Crippen LogP contribution in [0.4, 0.5) is 13.2 Å². The molecule has 3 rings (SSSR count). The molecule has 0 radical (unpaired) electrons. The topological polar surface area (TPSA) is 25.8 Å². The first kappa shape index (κ1) is 16.7. The standard InChI is InChI=1S/C17H9Cl2F3N2/c1-8-2-4-9(5-3-8)13-15(17(19)24-23-16(13)18)14-11(21)6-10(20)7-12(14)22/h2-7H,1H3. The second-order valence-electron chi connectivity index (χ2n) is 5.14. The minimum atomic E-state index is -1.10. The zero-order valence-electron chi connectivity index (χ0n) is 12.2. The Morgan fingerprint density at radius 1 is 0.750 bits per heavy atom. The smallest absolute Gasteiger partial charge is 0.160 e. The van der Waals surface area contributed by atoms with Gasteiger partial charge in [0.25, 0.3) is 0 Å². The van der Waals surface area contributed by atoms with Crippen LogP contribution in [-0.4, -0.2) is 10.2 Å². The van der Waals surface area contributed by atoms with Crippen LogP contribution in [0.1, 0.15) is 5.56 Å². The minimum absolute atomic E-state index is 0.0682. The van der Waals surface area contributed by atoms with Crippen LogP contribution < -0.4 is 0 Å². The van der Waals surface area contributed by atoms with E-state index in [1.807, 2.05) is 6.92 Å². The van der Waals surface area contributed by atoms with Crippen molar-refractivity contribution in [3.8, 4) is 22.3 Å². The molecule has 0 aliphatic heterocycles. The molecule has 0 N–H and O–H groups in total. The lowest BCUT2D eigenvalue weighted by Gasteiger charge is -2.14. The third kappa shape index (κ3) is 2.97. The molecule has 0 aliphatic carbocycles. The number of rotatable bonds is 2. The van der Waals surface area contributed by atoms with Crippen LogP contribution >= 0.6 is 23.2 Å². The Bertz CT molecular complexity index is 905. The van der Waals surface area contributed by atoms with Gasteiger partial charge in [0.15, 0.2) is 10.3 Å². The number of hydrogen-bond donors (Lipinski definition) is 0. The molecule has 3 aromatic rings. The Balaban J connectivity index is 2.37. The molecule has 0 saturated carbocycles. The van der Waals surface area contributed by atoms with Gasteiger partial charge in [-0.25, -0.2) is 13.2 Å². The van der Waals surface area contributed by atoms with Crippen LogP contribution in [0.5, 0.6) is 0 Å². The molecule has 0 aliphatic rings. The van der Waals surface area contributed by atoms with Gasteiger partial charge in [-0.3, -0.25) is 0 Å². The predicted molar refractivity (Wildman–Crippen MR) is 87.5 cm³/mol. The van der Waals surface area contributed by atoms with Crippen molar-refractivity contribution in [2.75, 3.05) is 0 Å². The summed E-state index contributed by atoms with van der Waals surface area (Å²) in [6, 6.07) is 8.20. The molecule has 0 amide bonds. The van der Waals surface area contributed by atoms with Crippen molar-refractivity contribution in [3.05, 3.63) is 69.7 Å². The maximum Gasteiger partial charge on any atom is 0.160 e. The van der Waals surface area contributed by atoms with E-state index < -0.39 is 23.0 Å². The van der Waals surface area contributed by atoms with Gasteiger partial charge in [0.1, 0.15) is 17.5 Å². The van der Waals surface area contributed by atoms with Crippen molar-refractivity contribution in [2.45, 2.75) is 6.92 Å². The van der Waals surface area contributed by atoms with Crippen LogP contribution in [0.3, 0.4) is 0 Å². The summed E-state index contributed by atoms with van der Waals surface area (Å²) in [5, 5.41) is 7.02. The fraction of sp³-hybridized carbons (Fsp3) is 0.0588. The lowest BCUT2D eigenvalue weighted by molar-refractivity contribution is 0.548. The Labute approximate surface area is 145 Å². The summed E-state index contributed by atoms with van der Waals surface area (Å²) in [6.07, 6.45) is 0. The first-order chi connectivity index (χ1) is 11.4. The molecule has 7 heteroatoms. The first-order valence-corrected chi connectivity index (χ1v) is 7.57. The van der Waals surface area contributed by atoms with E-state index >= 15 is 0 Å². The Morgan fingerprint density at radius 3 is 1.79 bits per heavy atom. The van der Waals surface area contributed by atoms with Crippen LogP contribution in [-0.2, 0) is 0 Å². The number of hydrogen-bond acceptors (Lipinski definition) is 2. The van der Waals surface area contributed by atoms with Gasteiger partial charge in [-0.2, -0.15) is 0 Å². The van der Waals surface area contributed by atoms with Crippen LogP contribution in [0, 0.1) is 24.4 Å². The van der Waals surface area contributed by atoms with Gasteiger partial charge in [-0.15, -0.1) is 10.2 Å². The minimum Gasteiger partial charge on any atom is -0.207 e. The molecule has 1 heterocycles. The molecule has 0 unspecified atom stereocenters. The van der Waals surface area contributed by atoms with Gasteiger partial charge < -0.3 is 0 Å². The zero-order chi connectivity index (χ0) is 17.4. The van der Waals surface area contributed by atoms with Gasteiger partial charge in [-0.05, 0) is 12.5 Å². The van der Waals surface area contributed by atoms with Crippen molar-refractivity contribution >= 4 is 23.2 Å². The van der Waals surface area contributed by atoms with E-state index in [1.54, 1.807) is 24.3 Å². The van der Waals surface area contributed by atoms with E-state index in [2.05, 4.69) is 10.2 Å². The highest BCUT2D eigenvalue weighted by atomic mass is 35.5. The second kappa shape index (κ2) is 6.42. The summed E-state index contributed by atoms with van der Waals surface area (Å²) in [6.45, 7) is 1.89. The summed E-state index contributed by atoms with van der Waals surface area (Å²) in [5.41, 5.74) is 1.19. The van der Waals surface area contributed by atoms with Gasteiger partial charge in [0.05, 0.1) is 5.56 Å². The van der Waals surface area contributed by atoms with Crippen molar-refractivity contribution in [1.29, 1.82) is 0 Å². The summed E-state index contributed by atoms with van der Waals surface area (Å²) in [4.78, 5) is 0. The summed E-state index contributed by atoms with van der Waals surface area (Å²) >= 11 is 12.2. The number of nitrogens with zero attached hydrogens (tertiary/aromatic N) is 2. The third-order valence-corrected chi connectivity index (χ3v) is 4.01. The molecule has 2 nitrogen and oxygen atoms in total. The lowest BCUT2D eigenvalue weighted by atomic mass is 9.96. The molecule has 24 heavy (non-hydrogen) atoms. The maximum absolute atomic E-state index is 14.2. The summed E-state index contributed by atoms with van der Waals surface area (Å²) in [5.74, 6) is -3.24. The van der Waals surface area contributed by atoms with Crippen molar-refractivity contribution in [2.24, 2.45) is 0 Å². The molecule has 0 atom stereocenters. The monoisotopic (exact) mass is 368 g/mol. The SMILES string of the molecule is Cc1ccc(-c2c(Cl)nnc(Cl)c2-c2c(F)cc(F)cc2F)cc1. The van der Waals surface area contributed by atoms with Crippen LogP contribution in [0.25, 0.3) is 22.3 Å². The number of benzene rings is 2. The molecule has 0 spiro atoms. The fourth-order valence-electron chi connectivity index (χ4n) is 2.39. The summed E-state index contributed by atoms with van der Waals surface area (Å²) in [7, 11) is 0. The van der Waals surface area contributed by atoms with E-state index in [1.165, 1.54) is 0 Å². The van der Waals surface area contributed by atoms with Gasteiger partial charge >= 0.3 is 0 Å². The second-order valence-corrected chi connectivity index (χ2v) is 5.86. The third-order valence-electron chi connectivity index (χ3n) is 3.49. The van der Waals surface area contributed by atoms with Gasteiger partial charge in [-0.1, -0.05) is 53.0 Å². The normalized spacial score (nSPS) is 10.9. The number of aryl methyl sites for hydroxylation is 1. The van der Waals surface area contributed by atoms with E-state index in [0.717, 1.165) is 5.56 Å². The Kier molecular flexibility index (Phi) is 4.47. The largest absolute Gasteiger partial charge is 0.207 e. The molecule has 0 bridgehead atoms. The van der Waals surface area contributed by atoms with E-state index in [0.29, 0.717) is 17.7 Å². The molecule has 1 aromatic heterocycles. The maximum atomic E-state index is 14.2. The molecular weight excluding hydrogens is 360 g/mol. The quantitative estimate of drug-likeness (QED) is 0.567. The highest BCUT2D eigenvalue weighted by molar-refractivity contribution is 6.36. The van der Waals surface area contributed by atoms with E-state index in [-0.39, 0.29) is 21.4 Å². The van der Waals surface area contributed by atoms with Gasteiger partial charge in [0.2, 0.25) is 0 Å². The molecular formula is C17H9Cl2F3N2. The van der Waals surface area contributed by atoms with E-state index in [9.17, 15) is 13.2 Å². The molecule has 122 valence electrons. The van der Waals surface area contributed by atoms with Gasteiger partial charge in [0, 0.05) is 23.3 Å². The van der Waals surface area contributed by atoms with Crippen molar-refractivity contribution < 1.29 is 13.2 Å². The van der Waals surface area contributed by atoms with Crippen LogP contribution in [0.15, 0.2) is 36.4 Å². The molecule has 2 aromatic carbocycles. The average Bonchev–Trinajstić information content (AvgIpc) is 2.51. The number of halogens is 5. The molecule has 0 fully saturated rings. The lowest BCUT2D eigenvalue weighted by Crippen LogP contribution is -1.99. The fourth-order valence-corrected chi connectivity index (χ4v) is 2.86. The summed E-state index contributed by atoms with van der Waals surface area (Å²) < 4.78 is 41.7. The highest BCUT2D eigenvalue weighted by Gasteiger charge is 2.24. The predicted octanol–water partition coefficient (Wildman–Crippen LogP) is 5.84. The molecule has 0 saturated heterocycles. The highest BCUT2D eigenvalue weighted by Crippen LogP contribution is 2.42.